The summed E-state index contributed by atoms with van der Waals surface area (Å²) >= 11 is 0. The highest BCUT2D eigenvalue weighted by atomic mass is 32.2. The highest BCUT2D eigenvalue weighted by Crippen LogP contribution is 2.63. The number of alkyl halides is 18. The van der Waals surface area contributed by atoms with Gasteiger partial charge in [0.15, 0.2) is 0 Å². The van der Waals surface area contributed by atoms with Crippen LogP contribution in [0.4, 0.5) is 79.0 Å². The zero-order valence-electron chi connectivity index (χ0n) is 13.8. The van der Waals surface area contributed by atoms with Gasteiger partial charge < -0.3 is 0 Å². The van der Waals surface area contributed by atoms with Crippen LogP contribution in [-0.4, -0.2) is 62.0 Å². The average molecular weight is 562 g/mol. The molecule has 1 rings (SSSR count). The Kier molecular flexibility index (Phi) is 6.33. The zero-order valence-corrected chi connectivity index (χ0v) is 14.6. The van der Waals surface area contributed by atoms with Crippen LogP contribution in [0.15, 0.2) is 0 Å². The van der Waals surface area contributed by atoms with Crippen LogP contribution in [-0.2, 0) is 23.8 Å². The highest BCUT2D eigenvalue weighted by Gasteiger charge is 2.95. The quantitative estimate of drug-likeness (QED) is 0.264. The van der Waals surface area contributed by atoms with E-state index < -0.39 is 63.7 Å². The predicted octanol–water partition coefficient (Wildman–Crippen LogP) is 4.84. The van der Waals surface area contributed by atoms with Gasteiger partial charge in [-0.3, -0.25) is 9.47 Å². The lowest BCUT2D eigenvalue weighted by atomic mass is 10.2. The number of hydrogen-bond acceptors (Lipinski definition) is 5. The van der Waals surface area contributed by atoms with E-state index in [1.165, 1.54) is 0 Å². The topological polar surface area (TPSA) is 61.8 Å². The third-order valence-corrected chi connectivity index (χ3v) is 4.82. The van der Waals surface area contributed by atoms with Gasteiger partial charge in [-0.1, -0.05) is 0 Å². The number of halogens is 18. The molecule has 0 aromatic heterocycles. The van der Waals surface area contributed by atoms with E-state index in [1.54, 1.807) is 9.47 Å². The van der Waals surface area contributed by atoms with Crippen LogP contribution in [0.2, 0.25) is 0 Å². The number of rotatable bonds is 6. The largest absolute Gasteiger partial charge is 0.462 e. The van der Waals surface area contributed by atoms with Crippen molar-refractivity contribution in [3.05, 3.63) is 0 Å². The van der Waals surface area contributed by atoms with E-state index in [1.807, 2.05) is 0 Å². The van der Waals surface area contributed by atoms with Crippen molar-refractivity contribution in [3.8, 4) is 0 Å². The predicted molar refractivity (Wildman–Crippen MR) is 56.7 cm³/mol. The average Bonchev–Trinajstić information content (AvgIpc) is 2.49. The molecule has 1 fully saturated rings. The lowest BCUT2D eigenvalue weighted by molar-refractivity contribution is -0.548. The molecule has 0 radical (unpaired) electrons. The molecule has 24 heteroatoms. The fraction of sp³-hybridized carbons (Fsp3) is 1.00. The molecule has 0 aliphatic carbocycles. The fourth-order valence-corrected chi connectivity index (χ4v) is 3.05. The molecule has 5 nitrogen and oxygen atoms in total. The molecule has 0 N–H and O–H groups in total. The fourth-order valence-electron chi connectivity index (χ4n) is 1.65. The molecule has 0 spiro atoms. The summed E-state index contributed by atoms with van der Waals surface area (Å²) in [5.74, 6) is -22.9. The first-order valence-corrected chi connectivity index (χ1v) is 8.03. The van der Waals surface area contributed by atoms with Gasteiger partial charge >= 0.3 is 63.7 Å². The number of hydrogen-bond donors (Lipinski definition) is 0. The van der Waals surface area contributed by atoms with E-state index in [4.69, 9.17) is 0 Å². The van der Waals surface area contributed by atoms with Crippen molar-refractivity contribution in [2.24, 2.45) is 0 Å². The summed E-state index contributed by atoms with van der Waals surface area (Å²) in [4.78, 5) is 0. The van der Waals surface area contributed by atoms with Crippen molar-refractivity contribution < 1.29 is 101 Å². The summed E-state index contributed by atoms with van der Waals surface area (Å²) in [6, 6.07) is 0. The molecule has 1 atom stereocenters. The van der Waals surface area contributed by atoms with Crippen molar-refractivity contribution in [1.29, 1.82) is 0 Å². The molecular weight excluding hydrogens is 562 g/mol. The third-order valence-electron chi connectivity index (χ3n) is 3.28. The summed E-state index contributed by atoms with van der Waals surface area (Å²) in [5.41, 5.74) is 0. The van der Waals surface area contributed by atoms with Gasteiger partial charge in [-0.2, -0.15) is 87.4 Å². The maximum atomic E-state index is 14.0. The molecule has 1 heterocycles. The van der Waals surface area contributed by atoms with Crippen LogP contribution in [0.1, 0.15) is 0 Å². The lowest BCUT2D eigenvalue weighted by Gasteiger charge is -2.51. The minimum absolute atomic E-state index is 1.74. The Balaban J connectivity index is 3.91. The Morgan fingerprint density at radius 1 is 0.576 bits per heavy atom. The van der Waals surface area contributed by atoms with Crippen LogP contribution in [0.3, 0.4) is 0 Å². The molecule has 0 amide bonds. The van der Waals surface area contributed by atoms with E-state index in [9.17, 15) is 87.4 Å². The maximum Gasteiger partial charge on any atom is 0.462 e. The smallest absolute Gasteiger partial charge is 0.261 e. The van der Waals surface area contributed by atoms with E-state index in [2.05, 4.69) is 4.18 Å². The second-order valence-corrected chi connectivity index (χ2v) is 7.18. The van der Waals surface area contributed by atoms with Gasteiger partial charge in [-0.05, 0) is 0 Å². The Labute approximate surface area is 166 Å². The SMILES string of the molecule is O=S1(=O)OC(F)(C(F)(F)F)C1(OC(F)(F)C(F)(F)C(F)(F)F)OC(F)(F)C(F)(F)C(F)(F)F. The molecule has 0 aromatic rings. The van der Waals surface area contributed by atoms with Crippen LogP contribution in [0.5, 0.6) is 0 Å². The normalized spacial score (nSPS) is 25.0. The second kappa shape index (κ2) is 7.05. The Bertz CT molecular complexity index is 827. The first-order valence-electron chi connectivity index (χ1n) is 6.63. The summed E-state index contributed by atoms with van der Waals surface area (Å²) < 4.78 is 257. The Morgan fingerprint density at radius 3 is 1.03 bits per heavy atom. The van der Waals surface area contributed by atoms with E-state index in [-0.39, 0.29) is 0 Å². The molecule has 0 aromatic carbocycles. The summed E-state index contributed by atoms with van der Waals surface area (Å²) in [7, 11) is -7.65. The van der Waals surface area contributed by atoms with Crippen molar-refractivity contribution in [1.82, 2.24) is 0 Å². The van der Waals surface area contributed by atoms with Crippen molar-refractivity contribution in [2.45, 2.75) is 53.6 Å². The van der Waals surface area contributed by atoms with Gasteiger partial charge in [-0.25, -0.2) is 4.18 Å². The van der Waals surface area contributed by atoms with Gasteiger partial charge in [0.25, 0.3) is 0 Å². The minimum atomic E-state index is -7.92. The maximum absolute atomic E-state index is 14.0. The van der Waals surface area contributed by atoms with Gasteiger partial charge in [0.05, 0.1) is 0 Å². The van der Waals surface area contributed by atoms with Gasteiger partial charge in [0.1, 0.15) is 0 Å². The standard InChI is InChI=1S/C9F18O5S/c10-1(11,4(15,16)17)7(24,25)30-9(3(14,6(21,22)23)32-33(9,28)29)31-8(26,27)2(12,13)5(18,19)20. The van der Waals surface area contributed by atoms with E-state index >= 15 is 0 Å². The van der Waals surface area contributed by atoms with Crippen molar-refractivity contribution in [3.63, 3.8) is 0 Å². The molecule has 1 aliphatic rings. The van der Waals surface area contributed by atoms with Crippen LogP contribution in [0, 0.1) is 0 Å². The molecule has 1 unspecified atom stereocenters. The third kappa shape index (κ3) is 3.94. The molecule has 0 bridgehead atoms. The lowest BCUT2D eigenvalue weighted by Crippen LogP contribution is -2.81. The summed E-state index contributed by atoms with van der Waals surface area (Å²) in [6.45, 7) is 0. The molecule has 1 aliphatic heterocycles. The number of ether oxygens (including phenoxy) is 2. The van der Waals surface area contributed by atoms with Gasteiger partial charge in [0, 0.05) is 0 Å². The van der Waals surface area contributed by atoms with Gasteiger partial charge in [0.2, 0.25) is 0 Å². The first-order chi connectivity index (χ1) is 13.9. The molecular formula is C9F18O5S. The second-order valence-electron chi connectivity index (χ2n) is 5.57. The van der Waals surface area contributed by atoms with Crippen molar-refractivity contribution in [2.75, 3.05) is 0 Å². The zero-order chi connectivity index (χ0) is 27.1. The van der Waals surface area contributed by atoms with Crippen LogP contribution >= 0.6 is 0 Å². The Hall–Kier alpha value is -1.43. The van der Waals surface area contributed by atoms with Crippen molar-refractivity contribution >= 4 is 10.1 Å². The van der Waals surface area contributed by atoms with E-state index in [0.29, 0.717) is 0 Å². The van der Waals surface area contributed by atoms with Crippen LogP contribution in [0.25, 0.3) is 0 Å². The Morgan fingerprint density at radius 2 is 0.848 bits per heavy atom. The molecule has 198 valence electrons. The molecule has 1 saturated heterocycles. The van der Waals surface area contributed by atoms with Gasteiger partial charge in [-0.15, -0.1) is 0 Å². The first kappa shape index (κ1) is 29.6. The highest BCUT2D eigenvalue weighted by molar-refractivity contribution is 7.89. The molecule has 33 heavy (non-hydrogen) atoms. The van der Waals surface area contributed by atoms with Crippen LogP contribution < -0.4 is 0 Å². The summed E-state index contributed by atoms with van der Waals surface area (Å²) in [5, 5.41) is -7.23. The molecule has 0 saturated carbocycles. The monoisotopic (exact) mass is 562 g/mol. The minimum Gasteiger partial charge on any atom is -0.261 e. The van der Waals surface area contributed by atoms with E-state index in [0.717, 1.165) is 0 Å². The summed E-state index contributed by atoms with van der Waals surface area (Å²) in [6.07, 6.45) is -38.6.